The van der Waals surface area contributed by atoms with Gasteiger partial charge in [0.25, 0.3) is 16.3 Å². The third-order valence-electron chi connectivity index (χ3n) is 2.02. The first-order chi connectivity index (χ1) is 4.93. The molecule has 0 aromatic rings. The summed E-state index contributed by atoms with van der Waals surface area (Å²) in [6.45, 7) is 3.38. The molecule has 0 saturated carbocycles. The van der Waals surface area contributed by atoms with E-state index in [-0.39, 0.29) is 0 Å². The monoisotopic (exact) mass is 157 g/mol. The van der Waals surface area contributed by atoms with Crippen LogP contribution in [0.15, 0.2) is 0 Å². The van der Waals surface area contributed by atoms with Crippen molar-refractivity contribution in [2.45, 2.75) is 12.8 Å². The summed E-state index contributed by atoms with van der Waals surface area (Å²) >= 11 is 1.18. The Morgan fingerprint density at radius 1 is 1.40 bits per heavy atom. The molecule has 1 N–H and O–H groups in total. The summed E-state index contributed by atoms with van der Waals surface area (Å²) < 4.78 is 5.41. The summed E-state index contributed by atoms with van der Waals surface area (Å²) in [5.74, 6) is 0.843. The van der Waals surface area contributed by atoms with Gasteiger partial charge in [0.1, 0.15) is 0 Å². The second kappa shape index (κ2) is 5.15. The molecule has 0 aliphatic carbocycles. The largest absolute Gasteiger partial charge is 0.397 e. The Balaban J connectivity index is 2.02. The molecule has 58 valence electrons. The van der Waals surface area contributed by atoms with E-state index in [9.17, 15) is 0 Å². The molecule has 0 amide bonds. The summed E-state index contributed by atoms with van der Waals surface area (Å²) in [7, 11) is 0. The molecule has 3 heteroatoms. The summed E-state index contributed by atoms with van der Waals surface area (Å²) in [5.41, 5.74) is 1.00. The zero-order valence-electron chi connectivity index (χ0n) is 6.73. The van der Waals surface area contributed by atoms with Crippen LogP contribution < -0.4 is 5.32 Å². The van der Waals surface area contributed by atoms with Crippen LogP contribution in [0.2, 0.25) is 0 Å². The van der Waals surface area contributed by atoms with Gasteiger partial charge in [-0.25, -0.2) is 0 Å². The number of hydrogen-bond donors (Lipinski definition) is 1. The van der Waals surface area contributed by atoms with Gasteiger partial charge in [0, 0.05) is 6.61 Å². The molecule has 0 aromatic carbocycles. The van der Waals surface area contributed by atoms with Gasteiger partial charge in [-0.15, -0.1) is 0 Å². The van der Waals surface area contributed by atoms with Crippen LogP contribution in [0.25, 0.3) is 0 Å². The minimum atomic E-state index is 0.843. The van der Waals surface area contributed by atoms with Crippen molar-refractivity contribution in [2.75, 3.05) is 25.2 Å². The van der Waals surface area contributed by atoms with Gasteiger partial charge in [-0.2, -0.15) is 0 Å². The van der Waals surface area contributed by atoms with Crippen molar-refractivity contribution in [3.8, 4) is 0 Å². The van der Waals surface area contributed by atoms with E-state index in [0.717, 1.165) is 18.0 Å². The Morgan fingerprint density at radius 3 is 2.70 bits per heavy atom. The van der Waals surface area contributed by atoms with Gasteiger partial charge in [-0.3, -0.25) is 0 Å². The van der Waals surface area contributed by atoms with Crippen molar-refractivity contribution < 1.29 is 4.74 Å². The molecule has 2 nitrogen and oxygen atoms in total. The normalized spacial score (nSPS) is 21.2. The third kappa shape index (κ3) is 3.03. The van der Waals surface area contributed by atoms with E-state index in [0.29, 0.717) is 0 Å². The molecule has 1 aliphatic heterocycles. The first-order valence-electron chi connectivity index (χ1n) is 4.22. The average molecular weight is 157 g/mol. The van der Waals surface area contributed by atoms with Crippen LogP contribution in [0.4, 0.5) is 0 Å². The fourth-order valence-corrected chi connectivity index (χ4v) is 1.57. The highest BCUT2D eigenvalue weighted by molar-refractivity contribution is 6.08. The minimum Gasteiger partial charge on any atom is -0.397 e. The molecular formula is C7H16AlNO. The number of ether oxygens (including phenoxy) is 1. The molecule has 0 aromatic heterocycles. The van der Waals surface area contributed by atoms with E-state index in [1.807, 2.05) is 0 Å². The van der Waals surface area contributed by atoms with Crippen molar-refractivity contribution in [3.63, 3.8) is 0 Å². The molecule has 1 aliphatic rings. The molecular weight excluding hydrogens is 141 g/mol. The zero-order valence-corrected chi connectivity index (χ0v) is 8.73. The Labute approximate surface area is 70.7 Å². The van der Waals surface area contributed by atoms with E-state index in [1.54, 1.807) is 0 Å². The van der Waals surface area contributed by atoms with Gasteiger partial charge in [-0.1, -0.05) is 0 Å². The lowest BCUT2D eigenvalue weighted by molar-refractivity contribution is 0.121. The van der Waals surface area contributed by atoms with Crippen molar-refractivity contribution in [2.24, 2.45) is 5.92 Å². The molecule has 1 rings (SSSR count). The van der Waals surface area contributed by atoms with Crippen LogP contribution in [0, 0.1) is 5.92 Å². The van der Waals surface area contributed by atoms with E-state index < -0.39 is 0 Å². The van der Waals surface area contributed by atoms with Crippen LogP contribution in [-0.2, 0) is 4.74 Å². The topological polar surface area (TPSA) is 21.3 Å². The van der Waals surface area contributed by atoms with Crippen molar-refractivity contribution in [1.82, 2.24) is 5.32 Å². The molecule has 1 saturated heterocycles. The van der Waals surface area contributed by atoms with Gasteiger partial charge in [0.15, 0.2) is 0 Å². The maximum absolute atomic E-state index is 5.41. The third-order valence-corrected chi connectivity index (χ3v) is 2.42. The standard InChI is InChI=1S/C7H14NO.Al.2H/c1-9-6-7-2-4-8-5-3-7;;;/h7-8H,1-6H2;;;. The zero-order chi connectivity index (χ0) is 7.23. The summed E-state index contributed by atoms with van der Waals surface area (Å²) in [4.78, 5) is 0. The Hall–Kier alpha value is 0.452. The second-order valence-electron chi connectivity index (χ2n) is 2.85. The second-order valence-corrected chi connectivity index (χ2v) is 3.43. The number of hydrogen-bond acceptors (Lipinski definition) is 2. The maximum Gasteiger partial charge on any atom is 0.253 e. The van der Waals surface area contributed by atoms with Crippen LogP contribution >= 0.6 is 0 Å². The smallest absolute Gasteiger partial charge is 0.253 e. The van der Waals surface area contributed by atoms with Crippen molar-refractivity contribution >= 4 is 16.3 Å². The quantitative estimate of drug-likeness (QED) is 0.562. The number of piperidine rings is 1. The average Bonchev–Trinajstić information content (AvgIpc) is 2.03. The minimum absolute atomic E-state index is 0.843. The van der Waals surface area contributed by atoms with Gasteiger partial charge in [0.05, 0.1) is 0 Å². The number of nitrogens with one attached hydrogen (secondary N) is 1. The van der Waals surface area contributed by atoms with Crippen LogP contribution in [0.1, 0.15) is 12.8 Å². The summed E-state index contributed by atoms with van der Waals surface area (Å²) in [6.07, 6.45) is 2.61. The molecule has 10 heavy (non-hydrogen) atoms. The number of rotatable bonds is 3. The molecule has 1 heterocycles. The van der Waals surface area contributed by atoms with Crippen molar-refractivity contribution in [1.29, 1.82) is 0 Å². The van der Waals surface area contributed by atoms with Crippen LogP contribution in [0.5, 0.6) is 0 Å². The highest BCUT2D eigenvalue weighted by atomic mass is 27.0. The first kappa shape index (κ1) is 8.55. The lowest BCUT2D eigenvalue weighted by atomic mass is 10.00. The van der Waals surface area contributed by atoms with E-state index in [1.165, 1.54) is 42.2 Å². The lowest BCUT2D eigenvalue weighted by Gasteiger charge is -2.21. The maximum atomic E-state index is 5.41. The molecule has 0 spiro atoms. The first-order valence-corrected chi connectivity index (χ1v) is 5.63. The Kier molecular flexibility index (Phi) is 4.40. The molecule has 0 atom stereocenters. The van der Waals surface area contributed by atoms with Gasteiger partial charge in [-0.05, 0) is 37.3 Å². The Morgan fingerprint density at radius 2 is 2.10 bits per heavy atom. The van der Waals surface area contributed by atoms with Crippen LogP contribution in [0.3, 0.4) is 0 Å². The summed E-state index contributed by atoms with van der Waals surface area (Å²) in [5, 5.41) is 3.34. The Bertz CT molecular complexity index is 83.7. The van der Waals surface area contributed by atoms with E-state index >= 15 is 0 Å². The SMILES string of the molecule is [AlH2][CH2]OCC1CCNCC1. The van der Waals surface area contributed by atoms with Crippen LogP contribution in [-0.4, -0.2) is 41.5 Å². The highest BCUT2D eigenvalue weighted by Crippen LogP contribution is 2.10. The molecule has 0 unspecified atom stereocenters. The van der Waals surface area contributed by atoms with Gasteiger partial charge in [0.2, 0.25) is 0 Å². The summed E-state index contributed by atoms with van der Waals surface area (Å²) in [6, 6.07) is 0. The van der Waals surface area contributed by atoms with E-state index in [4.69, 9.17) is 4.74 Å². The fraction of sp³-hybridized carbons (Fsp3) is 1.00. The molecule has 0 radical (unpaired) electrons. The molecule has 0 bridgehead atoms. The molecule has 1 fully saturated rings. The highest BCUT2D eigenvalue weighted by Gasteiger charge is 2.11. The lowest BCUT2D eigenvalue weighted by Crippen LogP contribution is -2.30. The fourth-order valence-electron chi connectivity index (χ4n) is 1.33. The predicted molar refractivity (Wildman–Crippen MR) is 45.0 cm³/mol. The van der Waals surface area contributed by atoms with Crippen molar-refractivity contribution in [3.05, 3.63) is 0 Å². The van der Waals surface area contributed by atoms with E-state index in [2.05, 4.69) is 5.32 Å². The van der Waals surface area contributed by atoms with Gasteiger partial charge < -0.3 is 10.1 Å². The van der Waals surface area contributed by atoms with Gasteiger partial charge >= 0.3 is 0 Å². The predicted octanol–water partition coefficient (Wildman–Crippen LogP) is -0.407.